The van der Waals surface area contributed by atoms with E-state index in [1.807, 2.05) is 11.8 Å². The van der Waals surface area contributed by atoms with Crippen molar-refractivity contribution in [3.63, 3.8) is 0 Å². The molecule has 0 bridgehead atoms. The molecule has 2 heterocycles. The van der Waals surface area contributed by atoms with Gasteiger partial charge in [-0.05, 0) is 31.9 Å². The van der Waals surface area contributed by atoms with Gasteiger partial charge in [0.25, 0.3) is 0 Å². The third-order valence-electron chi connectivity index (χ3n) is 3.77. The Kier molecular flexibility index (Phi) is 4.01. The molecule has 1 fully saturated rings. The maximum absolute atomic E-state index is 13.8. The fraction of sp³-hybridized carbons (Fsp3) is 0.375. The first-order valence-electron chi connectivity index (χ1n) is 7.14. The normalized spacial score (nSPS) is 14.7. The number of nitrogens with zero attached hydrogens (tertiary/aromatic N) is 2. The van der Waals surface area contributed by atoms with E-state index in [0.29, 0.717) is 17.0 Å². The Morgan fingerprint density at radius 1 is 1.33 bits per heavy atom. The van der Waals surface area contributed by atoms with Crippen LogP contribution in [0.25, 0.3) is 10.6 Å². The van der Waals surface area contributed by atoms with Gasteiger partial charge < -0.3 is 4.90 Å². The van der Waals surface area contributed by atoms with E-state index in [1.165, 1.54) is 17.4 Å². The second-order valence-corrected chi connectivity index (χ2v) is 6.36. The lowest BCUT2D eigenvalue weighted by Gasteiger charge is -2.14. The van der Waals surface area contributed by atoms with Crippen LogP contribution in [0.5, 0.6) is 0 Å². The van der Waals surface area contributed by atoms with Crippen LogP contribution in [0, 0.1) is 12.7 Å². The molecule has 1 aromatic carbocycles. The monoisotopic (exact) mass is 304 g/mol. The predicted molar refractivity (Wildman–Crippen MR) is 81.8 cm³/mol. The molecule has 0 atom stereocenters. The van der Waals surface area contributed by atoms with Crippen LogP contribution < -0.4 is 0 Å². The van der Waals surface area contributed by atoms with Gasteiger partial charge in [0.05, 0.1) is 12.1 Å². The highest BCUT2D eigenvalue weighted by Gasteiger charge is 2.21. The van der Waals surface area contributed by atoms with E-state index in [2.05, 4.69) is 4.98 Å². The van der Waals surface area contributed by atoms with Crippen LogP contribution in [0.4, 0.5) is 4.39 Å². The quantitative estimate of drug-likeness (QED) is 0.870. The van der Waals surface area contributed by atoms with E-state index in [0.717, 1.165) is 36.5 Å². The van der Waals surface area contributed by atoms with E-state index in [-0.39, 0.29) is 11.7 Å². The molecule has 1 aromatic heterocycles. The molecule has 1 amide bonds. The van der Waals surface area contributed by atoms with E-state index in [1.54, 1.807) is 18.2 Å². The van der Waals surface area contributed by atoms with E-state index >= 15 is 0 Å². The van der Waals surface area contributed by atoms with Crippen molar-refractivity contribution in [1.29, 1.82) is 0 Å². The van der Waals surface area contributed by atoms with Crippen molar-refractivity contribution < 1.29 is 9.18 Å². The lowest BCUT2D eigenvalue weighted by molar-refractivity contribution is -0.129. The fourth-order valence-corrected chi connectivity index (χ4v) is 3.64. The van der Waals surface area contributed by atoms with E-state index in [9.17, 15) is 9.18 Å². The highest BCUT2D eigenvalue weighted by molar-refractivity contribution is 7.15. The highest BCUT2D eigenvalue weighted by atomic mass is 32.1. The first-order valence-corrected chi connectivity index (χ1v) is 7.96. The number of hydrogen-bond acceptors (Lipinski definition) is 3. The Morgan fingerprint density at radius 2 is 2.05 bits per heavy atom. The molecule has 0 saturated carbocycles. The van der Waals surface area contributed by atoms with Crippen LogP contribution in [0.2, 0.25) is 0 Å². The zero-order chi connectivity index (χ0) is 14.8. The fourth-order valence-electron chi connectivity index (χ4n) is 2.56. The molecular formula is C16H17FN2OS. The van der Waals surface area contributed by atoms with Crippen LogP contribution in [-0.4, -0.2) is 28.9 Å². The number of hydrogen-bond donors (Lipinski definition) is 0. The highest BCUT2D eigenvalue weighted by Crippen LogP contribution is 2.30. The average Bonchev–Trinajstić information content (AvgIpc) is 3.10. The maximum Gasteiger partial charge on any atom is 0.227 e. The topological polar surface area (TPSA) is 33.2 Å². The molecule has 3 nitrogen and oxygen atoms in total. The summed E-state index contributed by atoms with van der Waals surface area (Å²) in [4.78, 5) is 19.5. The Hall–Kier alpha value is -1.75. The smallest absolute Gasteiger partial charge is 0.227 e. The predicted octanol–water partition coefficient (Wildman–Crippen LogP) is 3.42. The average molecular weight is 304 g/mol. The second kappa shape index (κ2) is 5.93. The summed E-state index contributed by atoms with van der Waals surface area (Å²) in [6, 6.07) is 6.61. The number of aromatic nitrogens is 1. The number of carbonyl (C=O) groups excluding carboxylic acids is 1. The Labute approximate surface area is 127 Å². The van der Waals surface area contributed by atoms with Gasteiger partial charge in [0.2, 0.25) is 5.91 Å². The van der Waals surface area contributed by atoms with Crippen molar-refractivity contribution in [2.45, 2.75) is 26.2 Å². The standard InChI is InChI=1S/C16H17FN2OS/c1-11-14(10-15(20)19-8-4-5-9-19)21-16(18-11)12-6-2-3-7-13(12)17/h2-3,6-7H,4-5,8-10H2,1H3. The summed E-state index contributed by atoms with van der Waals surface area (Å²) < 4.78 is 13.8. The van der Waals surface area contributed by atoms with Gasteiger partial charge in [-0.15, -0.1) is 11.3 Å². The van der Waals surface area contributed by atoms with Crippen molar-refractivity contribution in [2.75, 3.05) is 13.1 Å². The number of likely N-dealkylation sites (tertiary alicyclic amines) is 1. The van der Waals surface area contributed by atoms with Crippen LogP contribution in [0.3, 0.4) is 0 Å². The van der Waals surface area contributed by atoms with Crippen LogP contribution in [0.15, 0.2) is 24.3 Å². The van der Waals surface area contributed by atoms with Gasteiger partial charge in [-0.3, -0.25) is 4.79 Å². The third kappa shape index (κ3) is 2.97. The lowest BCUT2D eigenvalue weighted by atomic mass is 10.2. The van der Waals surface area contributed by atoms with Gasteiger partial charge in [-0.1, -0.05) is 12.1 Å². The van der Waals surface area contributed by atoms with Crippen LogP contribution >= 0.6 is 11.3 Å². The number of halogens is 1. The van der Waals surface area contributed by atoms with Gasteiger partial charge in [0.15, 0.2) is 0 Å². The number of aryl methyl sites for hydroxylation is 1. The maximum atomic E-state index is 13.8. The zero-order valence-corrected chi connectivity index (χ0v) is 12.8. The number of benzene rings is 1. The summed E-state index contributed by atoms with van der Waals surface area (Å²) in [6.07, 6.45) is 2.56. The molecule has 1 aliphatic heterocycles. The van der Waals surface area contributed by atoms with Crippen molar-refractivity contribution in [1.82, 2.24) is 9.88 Å². The Morgan fingerprint density at radius 3 is 2.76 bits per heavy atom. The first kappa shape index (κ1) is 14.2. The van der Waals surface area contributed by atoms with Gasteiger partial charge in [-0.2, -0.15) is 0 Å². The SMILES string of the molecule is Cc1nc(-c2ccccc2F)sc1CC(=O)N1CCCC1. The lowest BCUT2D eigenvalue weighted by Crippen LogP contribution is -2.28. The summed E-state index contributed by atoms with van der Waals surface area (Å²) in [7, 11) is 0. The van der Waals surface area contributed by atoms with Gasteiger partial charge in [-0.25, -0.2) is 9.37 Å². The Bertz CT molecular complexity index is 662. The van der Waals surface area contributed by atoms with Crippen LogP contribution in [-0.2, 0) is 11.2 Å². The molecule has 0 N–H and O–H groups in total. The van der Waals surface area contributed by atoms with Crippen molar-refractivity contribution in [3.8, 4) is 10.6 Å². The molecule has 1 aliphatic rings. The van der Waals surface area contributed by atoms with E-state index < -0.39 is 0 Å². The molecule has 2 aromatic rings. The minimum Gasteiger partial charge on any atom is -0.342 e. The number of amides is 1. The summed E-state index contributed by atoms with van der Waals surface area (Å²) >= 11 is 1.42. The van der Waals surface area contributed by atoms with Gasteiger partial charge >= 0.3 is 0 Å². The largest absolute Gasteiger partial charge is 0.342 e. The molecule has 110 valence electrons. The molecule has 0 unspecified atom stereocenters. The van der Waals surface area contributed by atoms with Gasteiger partial charge in [0.1, 0.15) is 10.8 Å². The zero-order valence-electron chi connectivity index (χ0n) is 11.9. The number of carbonyl (C=O) groups is 1. The Balaban J connectivity index is 1.81. The molecule has 0 spiro atoms. The molecule has 21 heavy (non-hydrogen) atoms. The molecule has 5 heteroatoms. The number of thiazole rings is 1. The molecule has 0 aliphatic carbocycles. The molecule has 0 radical (unpaired) electrons. The summed E-state index contributed by atoms with van der Waals surface area (Å²) in [5, 5.41) is 0.648. The van der Waals surface area contributed by atoms with Crippen molar-refractivity contribution in [3.05, 3.63) is 40.7 Å². The molecular weight excluding hydrogens is 287 g/mol. The minimum absolute atomic E-state index is 0.152. The summed E-state index contributed by atoms with van der Waals surface area (Å²) in [5.41, 5.74) is 1.33. The van der Waals surface area contributed by atoms with Crippen molar-refractivity contribution in [2.24, 2.45) is 0 Å². The third-order valence-corrected chi connectivity index (χ3v) is 4.96. The van der Waals surface area contributed by atoms with Crippen LogP contribution in [0.1, 0.15) is 23.4 Å². The molecule has 1 saturated heterocycles. The number of rotatable bonds is 3. The summed E-state index contributed by atoms with van der Waals surface area (Å²) in [5.74, 6) is -0.122. The molecule has 3 rings (SSSR count). The summed E-state index contributed by atoms with van der Waals surface area (Å²) in [6.45, 7) is 3.60. The van der Waals surface area contributed by atoms with Crippen molar-refractivity contribution >= 4 is 17.2 Å². The van der Waals surface area contributed by atoms with E-state index in [4.69, 9.17) is 0 Å². The minimum atomic E-state index is -0.274. The second-order valence-electron chi connectivity index (χ2n) is 5.27. The first-order chi connectivity index (χ1) is 10.1. The van der Waals surface area contributed by atoms with Gasteiger partial charge in [0, 0.05) is 23.5 Å².